The van der Waals surface area contributed by atoms with Crippen molar-refractivity contribution in [2.75, 3.05) is 26.2 Å². The Hall–Kier alpha value is -0.650. The van der Waals surface area contributed by atoms with Gasteiger partial charge in [0.15, 0.2) is 0 Å². The lowest BCUT2D eigenvalue weighted by molar-refractivity contribution is -0.130. The molecule has 1 atom stereocenters. The molecule has 1 rings (SSSR count). The van der Waals surface area contributed by atoms with Crippen LogP contribution in [0.4, 0.5) is 0 Å². The number of aliphatic hydroxyl groups excluding tert-OH is 2. The fraction of sp³-hybridized carbons (Fsp3) is 0.900. The summed E-state index contributed by atoms with van der Waals surface area (Å²) in [4.78, 5) is 13.5. The van der Waals surface area contributed by atoms with Crippen molar-refractivity contribution in [3.05, 3.63) is 0 Å². The van der Waals surface area contributed by atoms with Crippen LogP contribution in [0, 0.1) is 0 Å². The highest BCUT2D eigenvalue weighted by Crippen LogP contribution is 2.26. The average molecular weight is 216 g/mol. The molecule has 5 heteroatoms. The number of aliphatic hydroxyl groups is 2. The van der Waals surface area contributed by atoms with Crippen molar-refractivity contribution in [3.8, 4) is 0 Å². The van der Waals surface area contributed by atoms with Crippen molar-refractivity contribution in [1.29, 1.82) is 0 Å². The van der Waals surface area contributed by atoms with Crippen LogP contribution in [-0.2, 0) is 4.79 Å². The van der Waals surface area contributed by atoms with Crippen LogP contribution in [0.5, 0.6) is 0 Å². The summed E-state index contributed by atoms with van der Waals surface area (Å²) in [5, 5.41) is 20.5. The van der Waals surface area contributed by atoms with E-state index in [2.05, 4.69) is 5.32 Å². The topological polar surface area (TPSA) is 72.8 Å². The first-order chi connectivity index (χ1) is 7.19. The van der Waals surface area contributed by atoms with Gasteiger partial charge in [0.05, 0.1) is 19.3 Å². The van der Waals surface area contributed by atoms with Gasteiger partial charge in [-0.15, -0.1) is 0 Å². The molecule has 1 saturated carbocycles. The van der Waals surface area contributed by atoms with Crippen molar-refractivity contribution < 1.29 is 15.0 Å². The van der Waals surface area contributed by atoms with E-state index >= 15 is 0 Å². The number of carbonyl (C=O) groups is 1. The fourth-order valence-corrected chi connectivity index (χ4v) is 1.54. The standard InChI is InChI=1S/C10H20N2O3/c1-2-12(8-3-4-8)10(15)6-11-5-9(14)7-13/h8-9,11,13-14H,2-7H2,1H3. The number of carbonyl (C=O) groups excluding carboxylic acids is 1. The van der Waals surface area contributed by atoms with Crippen LogP contribution in [0.3, 0.4) is 0 Å². The van der Waals surface area contributed by atoms with E-state index in [4.69, 9.17) is 10.2 Å². The molecule has 1 amide bonds. The predicted molar refractivity (Wildman–Crippen MR) is 56.4 cm³/mol. The van der Waals surface area contributed by atoms with Crippen molar-refractivity contribution in [2.45, 2.75) is 31.9 Å². The second kappa shape index (κ2) is 6.05. The van der Waals surface area contributed by atoms with Gasteiger partial charge in [0, 0.05) is 19.1 Å². The average Bonchev–Trinajstić information content (AvgIpc) is 3.03. The summed E-state index contributed by atoms with van der Waals surface area (Å²) in [5.41, 5.74) is 0. The zero-order valence-electron chi connectivity index (χ0n) is 9.15. The summed E-state index contributed by atoms with van der Waals surface area (Å²) in [6.45, 7) is 2.93. The van der Waals surface area contributed by atoms with E-state index in [0.717, 1.165) is 19.4 Å². The van der Waals surface area contributed by atoms with Gasteiger partial charge >= 0.3 is 0 Å². The number of likely N-dealkylation sites (N-methyl/N-ethyl adjacent to an activating group) is 1. The second-order valence-electron chi connectivity index (χ2n) is 3.88. The van der Waals surface area contributed by atoms with Gasteiger partial charge in [-0.1, -0.05) is 0 Å². The molecule has 3 N–H and O–H groups in total. The summed E-state index contributed by atoms with van der Waals surface area (Å²) in [5.74, 6) is 0.0742. The maximum atomic E-state index is 11.6. The van der Waals surface area contributed by atoms with E-state index in [0.29, 0.717) is 6.04 Å². The minimum atomic E-state index is -0.784. The van der Waals surface area contributed by atoms with Crippen LogP contribution in [-0.4, -0.2) is 59.4 Å². The molecular weight excluding hydrogens is 196 g/mol. The molecule has 0 aliphatic heterocycles. The Labute approximate surface area is 90.1 Å². The lowest BCUT2D eigenvalue weighted by atomic mass is 10.3. The highest BCUT2D eigenvalue weighted by Gasteiger charge is 2.30. The zero-order chi connectivity index (χ0) is 11.3. The molecule has 5 nitrogen and oxygen atoms in total. The van der Waals surface area contributed by atoms with Crippen LogP contribution in [0.1, 0.15) is 19.8 Å². The maximum absolute atomic E-state index is 11.6. The Kier molecular flexibility index (Phi) is 5.01. The highest BCUT2D eigenvalue weighted by molar-refractivity contribution is 5.78. The van der Waals surface area contributed by atoms with E-state index in [9.17, 15) is 4.79 Å². The Morgan fingerprint density at radius 1 is 1.60 bits per heavy atom. The SMILES string of the molecule is CCN(C(=O)CNCC(O)CO)C1CC1. The molecule has 0 radical (unpaired) electrons. The summed E-state index contributed by atoms with van der Waals surface area (Å²) in [7, 11) is 0. The molecule has 1 aliphatic carbocycles. The number of nitrogens with one attached hydrogen (secondary N) is 1. The van der Waals surface area contributed by atoms with Gasteiger partial charge in [0.1, 0.15) is 0 Å². The Morgan fingerprint density at radius 3 is 2.73 bits per heavy atom. The molecule has 1 unspecified atom stereocenters. The van der Waals surface area contributed by atoms with Crippen LogP contribution in [0.15, 0.2) is 0 Å². The highest BCUT2D eigenvalue weighted by atomic mass is 16.3. The third-order valence-corrected chi connectivity index (χ3v) is 2.52. The Balaban J connectivity index is 2.16. The van der Waals surface area contributed by atoms with Crippen LogP contribution < -0.4 is 5.32 Å². The van der Waals surface area contributed by atoms with E-state index in [1.165, 1.54) is 0 Å². The molecule has 0 aromatic rings. The van der Waals surface area contributed by atoms with Gasteiger partial charge < -0.3 is 20.4 Å². The molecular formula is C10H20N2O3. The third-order valence-electron chi connectivity index (χ3n) is 2.52. The van der Waals surface area contributed by atoms with E-state index in [1.807, 2.05) is 11.8 Å². The number of nitrogens with zero attached hydrogens (tertiary/aromatic N) is 1. The van der Waals surface area contributed by atoms with E-state index in [1.54, 1.807) is 0 Å². The summed E-state index contributed by atoms with van der Waals surface area (Å²) in [6.07, 6.45) is 1.44. The third kappa shape index (κ3) is 4.15. The molecule has 0 spiro atoms. The van der Waals surface area contributed by atoms with Gasteiger partial charge in [-0.05, 0) is 19.8 Å². The number of hydrogen-bond donors (Lipinski definition) is 3. The van der Waals surface area contributed by atoms with Crippen LogP contribution in [0.25, 0.3) is 0 Å². The molecule has 1 fully saturated rings. The molecule has 0 heterocycles. The molecule has 0 bridgehead atoms. The van der Waals surface area contributed by atoms with Gasteiger partial charge in [-0.25, -0.2) is 0 Å². The number of rotatable bonds is 7. The summed E-state index contributed by atoms with van der Waals surface area (Å²) < 4.78 is 0. The molecule has 0 aromatic carbocycles. The predicted octanol–water partition coefficient (Wildman–Crippen LogP) is -1.06. The second-order valence-corrected chi connectivity index (χ2v) is 3.88. The smallest absolute Gasteiger partial charge is 0.236 e. The summed E-state index contributed by atoms with van der Waals surface area (Å²) in [6, 6.07) is 0.437. The zero-order valence-corrected chi connectivity index (χ0v) is 9.15. The fourth-order valence-electron chi connectivity index (χ4n) is 1.54. The monoisotopic (exact) mass is 216 g/mol. The molecule has 0 saturated heterocycles. The van der Waals surface area contributed by atoms with Crippen molar-refractivity contribution in [3.63, 3.8) is 0 Å². The quantitative estimate of drug-likeness (QED) is 0.507. The first kappa shape index (κ1) is 12.4. The minimum Gasteiger partial charge on any atom is -0.394 e. The Bertz CT molecular complexity index is 207. The maximum Gasteiger partial charge on any atom is 0.236 e. The van der Waals surface area contributed by atoms with Crippen LogP contribution >= 0.6 is 0 Å². The lowest BCUT2D eigenvalue weighted by Crippen LogP contribution is -2.41. The van der Waals surface area contributed by atoms with Gasteiger partial charge in [-0.3, -0.25) is 4.79 Å². The van der Waals surface area contributed by atoms with Gasteiger partial charge in [0.2, 0.25) is 5.91 Å². The van der Waals surface area contributed by atoms with Crippen molar-refractivity contribution in [1.82, 2.24) is 10.2 Å². The number of amides is 1. The lowest BCUT2D eigenvalue weighted by Gasteiger charge is -2.20. The van der Waals surface area contributed by atoms with Gasteiger partial charge in [0.25, 0.3) is 0 Å². The largest absolute Gasteiger partial charge is 0.394 e. The van der Waals surface area contributed by atoms with E-state index in [-0.39, 0.29) is 25.6 Å². The normalized spacial score (nSPS) is 17.5. The molecule has 1 aliphatic rings. The van der Waals surface area contributed by atoms with Crippen molar-refractivity contribution >= 4 is 5.91 Å². The first-order valence-electron chi connectivity index (χ1n) is 5.48. The van der Waals surface area contributed by atoms with Crippen molar-refractivity contribution in [2.24, 2.45) is 0 Å². The number of hydrogen-bond acceptors (Lipinski definition) is 4. The molecule has 88 valence electrons. The molecule has 0 aromatic heterocycles. The molecule has 15 heavy (non-hydrogen) atoms. The summed E-state index contributed by atoms with van der Waals surface area (Å²) >= 11 is 0. The van der Waals surface area contributed by atoms with Crippen LogP contribution in [0.2, 0.25) is 0 Å². The van der Waals surface area contributed by atoms with Gasteiger partial charge in [-0.2, -0.15) is 0 Å². The Morgan fingerprint density at radius 2 is 2.27 bits per heavy atom. The minimum absolute atomic E-state index is 0.0742. The van der Waals surface area contributed by atoms with E-state index < -0.39 is 6.10 Å². The first-order valence-corrected chi connectivity index (χ1v) is 5.48.